The van der Waals surface area contributed by atoms with Gasteiger partial charge in [0.15, 0.2) is 0 Å². The Morgan fingerprint density at radius 1 is 1.21 bits per heavy atom. The summed E-state index contributed by atoms with van der Waals surface area (Å²) in [7, 11) is 1.58. The molecule has 0 aromatic heterocycles. The van der Waals surface area contributed by atoms with Crippen molar-refractivity contribution in [1.82, 2.24) is 5.43 Å². The van der Waals surface area contributed by atoms with E-state index < -0.39 is 10.8 Å². The standard InChI is InChI=1S/C17H17N3O4/c1-3-15(12-8-10-13(24-2)11-9-12)18-19-17(21)14-6-4-5-7-16(14)20(22)23/h4-11H,3H2,1-2H3,(H,19,21)/b18-15-. The predicted octanol–water partition coefficient (Wildman–Crippen LogP) is 3.15. The summed E-state index contributed by atoms with van der Waals surface area (Å²) in [5, 5.41) is 15.1. The van der Waals surface area contributed by atoms with Crippen molar-refractivity contribution in [2.45, 2.75) is 13.3 Å². The number of amides is 1. The van der Waals surface area contributed by atoms with Gasteiger partial charge in [-0.3, -0.25) is 14.9 Å². The molecule has 0 fully saturated rings. The number of carbonyl (C=O) groups is 1. The summed E-state index contributed by atoms with van der Waals surface area (Å²) in [5.74, 6) is 0.0971. The van der Waals surface area contributed by atoms with E-state index in [4.69, 9.17) is 4.74 Å². The summed E-state index contributed by atoms with van der Waals surface area (Å²) in [6.45, 7) is 1.90. The highest BCUT2D eigenvalue weighted by Crippen LogP contribution is 2.17. The third-order valence-electron chi connectivity index (χ3n) is 3.40. The normalized spacial score (nSPS) is 11.0. The Hall–Kier alpha value is -3.22. The van der Waals surface area contributed by atoms with Crippen LogP contribution in [0.2, 0.25) is 0 Å². The largest absolute Gasteiger partial charge is 0.497 e. The van der Waals surface area contributed by atoms with Gasteiger partial charge in [-0.15, -0.1) is 0 Å². The van der Waals surface area contributed by atoms with Crippen molar-refractivity contribution < 1.29 is 14.5 Å². The van der Waals surface area contributed by atoms with E-state index in [1.807, 2.05) is 19.1 Å². The Bertz CT molecular complexity index is 770. The molecule has 1 amide bonds. The fourth-order valence-electron chi connectivity index (χ4n) is 2.13. The van der Waals surface area contributed by atoms with Crippen LogP contribution in [-0.4, -0.2) is 23.7 Å². The monoisotopic (exact) mass is 327 g/mol. The van der Waals surface area contributed by atoms with Crippen molar-refractivity contribution >= 4 is 17.3 Å². The molecule has 1 N–H and O–H groups in total. The molecule has 0 radical (unpaired) electrons. The van der Waals surface area contributed by atoms with Gasteiger partial charge in [-0.25, -0.2) is 5.43 Å². The van der Waals surface area contributed by atoms with Crippen LogP contribution in [0.4, 0.5) is 5.69 Å². The van der Waals surface area contributed by atoms with E-state index in [-0.39, 0.29) is 11.3 Å². The molecule has 124 valence electrons. The zero-order valence-corrected chi connectivity index (χ0v) is 13.4. The molecule has 0 unspecified atom stereocenters. The molecular formula is C17H17N3O4. The third-order valence-corrected chi connectivity index (χ3v) is 3.40. The summed E-state index contributed by atoms with van der Waals surface area (Å²) in [5.41, 5.74) is 3.59. The summed E-state index contributed by atoms with van der Waals surface area (Å²) < 4.78 is 5.10. The van der Waals surface area contributed by atoms with Gasteiger partial charge in [-0.1, -0.05) is 19.1 Å². The van der Waals surface area contributed by atoms with Gasteiger partial charge in [0, 0.05) is 6.07 Å². The fourth-order valence-corrected chi connectivity index (χ4v) is 2.13. The van der Waals surface area contributed by atoms with Gasteiger partial charge < -0.3 is 4.74 Å². The van der Waals surface area contributed by atoms with Gasteiger partial charge in [0.05, 0.1) is 17.7 Å². The number of rotatable bonds is 6. The summed E-state index contributed by atoms with van der Waals surface area (Å²) in [4.78, 5) is 22.6. The Morgan fingerprint density at radius 3 is 2.46 bits per heavy atom. The number of nitro groups is 1. The molecule has 2 aromatic carbocycles. The van der Waals surface area contributed by atoms with Crippen LogP contribution in [0.1, 0.15) is 29.3 Å². The molecule has 2 rings (SSSR count). The maximum atomic E-state index is 12.2. The minimum absolute atomic E-state index is 0.0311. The Kier molecular flexibility index (Phi) is 5.62. The summed E-state index contributed by atoms with van der Waals surface area (Å²) in [6, 6.07) is 13.0. The predicted molar refractivity (Wildman–Crippen MR) is 90.4 cm³/mol. The molecule has 0 spiro atoms. The van der Waals surface area contributed by atoms with Gasteiger partial charge in [-0.2, -0.15) is 5.10 Å². The second-order valence-electron chi connectivity index (χ2n) is 4.86. The molecule has 0 aliphatic carbocycles. The molecule has 24 heavy (non-hydrogen) atoms. The van der Waals surface area contributed by atoms with Crippen molar-refractivity contribution in [3.8, 4) is 5.75 Å². The molecule has 0 aliphatic heterocycles. The minimum Gasteiger partial charge on any atom is -0.497 e. The van der Waals surface area contributed by atoms with E-state index in [9.17, 15) is 14.9 Å². The van der Waals surface area contributed by atoms with E-state index in [1.54, 1.807) is 25.3 Å². The van der Waals surface area contributed by atoms with Crippen molar-refractivity contribution in [1.29, 1.82) is 0 Å². The zero-order valence-electron chi connectivity index (χ0n) is 13.4. The number of hydrogen-bond donors (Lipinski definition) is 1. The van der Waals surface area contributed by atoms with Gasteiger partial charge in [-0.05, 0) is 42.3 Å². The van der Waals surface area contributed by atoms with Gasteiger partial charge >= 0.3 is 0 Å². The van der Waals surface area contributed by atoms with E-state index in [0.29, 0.717) is 12.1 Å². The van der Waals surface area contributed by atoms with Crippen LogP contribution >= 0.6 is 0 Å². The first-order valence-corrected chi connectivity index (χ1v) is 7.31. The molecule has 7 heteroatoms. The molecule has 0 bridgehead atoms. The number of methoxy groups -OCH3 is 1. The summed E-state index contributed by atoms with van der Waals surface area (Å²) >= 11 is 0. The maximum absolute atomic E-state index is 12.2. The number of hydrogen-bond acceptors (Lipinski definition) is 5. The number of hydrazone groups is 1. The molecule has 0 saturated heterocycles. The van der Waals surface area contributed by atoms with Crippen LogP contribution in [0, 0.1) is 10.1 Å². The molecular weight excluding hydrogens is 310 g/mol. The first-order chi connectivity index (χ1) is 11.6. The lowest BCUT2D eigenvalue weighted by molar-refractivity contribution is -0.385. The quantitative estimate of drug-likeness (QED) is 0.501. The second kappa shape index (κ2) is 7.87. The zero-order chi connectivity index (χ0) is 17.5. The molecule has 0 atom stereocenters. The molecule has 7 nitrogen and oxygen atoms in total. The maximum Gasteiger partial charge on any atom is 0.282 e. The number of nitrogens with one attached hydrogen (secondary N) is 1. The Morgan fingerprint density at radius 2 is 1.88 bits per heavy atom. The lowest BCUT2D eigenvalue weighted by atomic mass is 10.1. The summed E-state index contributed by atoms with van der Waals surface area (Å²) in [6.07, 6.45) is 0.587. The Labute approximate surface area is 139 Å². The average Bonchev–Trinajstić information content (AvgIpc) is 2.62. The van der Waals surface area contributed by atoms with Crippen LogP contribution in [0.25, 0.3) is 0 Å². The SMILES string of the molecule is CC/C(=N/NC(=O)c1ccccc1[N+](=O)[O-])c1ccc(OC)cc1. The number of nitrogens with zero attached hydrogens (tertiary/aromatic N) is 2. The van der Waals surface area contributed by atoms with Crippen molar-refractivity contribution in [3.05, 3.63) is 69.8 Å². The molecule has 0 saturated carbocycles. The molecule has 2 aromatic rings. The van der Waals surface area contributed by atoms with Crippen LogP contribution in [0.15, 0.2) is 53.6 Å². The fraction of sp³-hybridized carbons (Fsp3) is 0.176. The smallest absolute Gasteiger partial charge is 0.282 e. The topological polar surface area (TPSA) is 93.8 Å². The van der Waals surface area contributed by atoms with Crippen molar-refractivity contribution in [3.63, 3.8) is 0 Å². The second-order valence-corrected chi connectivity index (χ2v) is 4.86. The van der Waals surface area contributed by atoms with Gasteiger partial charge in [0.1, 0.15) is 11.3 Å². The van der Waals surface area contributed by atoms with Gasteiger partial charge in [0.25, 0.3) is 11.6 Å². The van der Waals surface area contributed by atoms with Gasteiger partial charge in [0.2, 0.25) is 0 Å². The molecule has 0 aliphatic rings. The van der Waals surface area contributed by atoms with E-state index >= 15 is 0 Å². The highest BCUT2D eigenvalue weighted by Gasteiger charge is 2.18. The number of para-hydroxylation sites is 1. The highest BCUT2D eigenvalue weighted by atomic mass is 16.6. The number of ether oxygens (including phenoxy) is 1. The first kappa shape index (κ1) is 17.1. The Balaban J connectivity index is 2.21. The minimum atomic E-state index is -0.623. The van der Waals surface area contributed by atoms with E-state index in [1.165, 1.54) is 18.2 Å². The van der Waals surface area contributed by atoms with Crippen LogP contribution < -0.4 is 10.2 Å². The van der Waals surface area contributed by atoms with Crippen LogP contribution in [-0.2, 0) is 0 Å². The van der Waals surface area contributed by atoms with Crippen LogP contribution in [0.3, 0.4) is 0 Å². The highest BCUT2D eigenvalue weighted by molar-refractivity contribution is 6.03. The third kappa shape index (κ3) is 3.95. The number of carbonyl (C=O) groups excluding carboxylic acids is 1. The first-order valence-electron chi connectivity index (χ1n) is 7.31. The lowest BCUT2D eigenvalue weighted by Crippen LogP contribution is -2.21. The lowest BCUT2D eigenvalue weighted by Gasteiger charge is -2.07. The average molecular weight is 327 g/mol. The van der Waals surface area contributed by atoms with E-state index in [0.717, 1.165) is 11.3 Å². The van der Waals surface area contributed by atoms with E-state index in [2.05, 4.69) is 10.5 Å². The van der Waals surface area contributed by atoms with Crippen LogP contribution in [0.5, 0.6) is 5.75 Å². The number of nitro benzene ring substituents is 1. The van der Waals surface area contributed by atoms with Crippen molar-refractivity contribution in [2.75, 3.05) is 7.11 Å². The number of benzene rings is 2. The van der Waals surface area contributed by atoms with Crippen molar-refractivity contribution in [2.24, 2.45) is 5.10 Å². The molecule has 0 heterocycles.